The third-order valence-electron chi connectivity index (χ3n) is 8.13. The molecule has 0 radical (unpaired) electrons. The number of benzene rings is 1. The van der Waals surface area contributed by atoms with Gasteiger partial charge in [-0.25, -0.2) is 9.97 Å². The first kappa shape index (κ1) is 31.0. The van der Waals surface area contributed by atoms with Crippen LogP contribution in [0.4, 0.5) is 34.8 Å². The number of carbonyl (C=O) groups excluding carboxylic acids is 2. The van der Waals surface area contributed by atoms with E-state index in [1.54, 1.807) is 27.7 Å². The summed E-state index contributed by atoms with van der Waals surface area (Å²) in [6.07, 6.45) is -4.79. The summed E-state index contributed by atoms with van der Waals surface area (Å²) in [7, 11) is 3.45. The lowest BCUT2D eigenvalue weighted by atomic mass is 9.95. The van der Waals surface area contributed by atoms with E-state index in [-0.39, 0.29) is 49.1 Å². The molecule has 0 saturated carbocycles. The van der Waals surface area contributed by atoms with E-state index in [4.69, 9.17) is 11.6 Å². The van der Waals surface area contributed by atoms with Crippen LogP contribution in [0.15, 0.2) is 30.3 Å². The fourth-order valence-electron chi connectivity index (χ4n) is 6.16. The Morgan fingerprint density at radius 3 is 2.56 bits per heavy atom. The predicted molar refractivity (Wildman–Crippen MR) is 155 cm³/mol. The number of aryl methyl sites for hydroxylation is 1. The molecule has 6 rings (SSSR count). The van der Waals surface area contributed by atoms with Crippen LogP contribution in [0, 0.1) is 18.8 Å². The summed E-state index contributed by atoms with van der Waals surface area (Å²) < 4.78 is 58.1. The number of fused-ring (bicyclic) bond motifs is 3. The number of nitrogens with zero attached hydrogens (tertiary/aromatic N) is 7. The van der Waals surface area contributed by atoms with Crippen molar-refractivity contribution < 1.29 is 27.2 Å². The predicted octanol–water partition coefficient (Wildman–Crippen LogP) is 4.67. The van der Waals surface area contributed by atoms with E-state index in [1.165, 1.54) is 18.9 Å². The Morgan fingerprint density at radius 1 is 1.09 bits per heavy atom. The minimum atomic E-state index is -4.67. The van der Waals surface area contributed by atoms with Crippen LogP contribution in [0.3, 0.4) is 0 Å². The van der Waals surface area contributed by atoms with E-state index in [1.807, 2.05) is 11.9 Å². The summed E-state index contributed by atoms with van der Waals surface area (Å²) in [5.41, 5.74) is 0.203. The molecule has 2 amide bonds. The molecule has 230 valence electrons. The van der Waals surface area contributed by atoms with Gasteiger partial charge in [-0.1, -0.05) is 17.7 Å². The maximum Gasteiger partial charge on any atom is 0.416 e. The average Bonchev–Trinajstić information content (AvgIpc) is 3.40. The molecule has 2 atom stereocenters. The van der Waals surface area contributed by atoms with Crippen molar-refractivity contribution in [2.45, 2.75) is 45.2 Å². The van der Waals surface area contributed by atoms with Crippen LogP contribution in [-0.2, 0) is 35.4 Å². The quantitative estimate of drug-likeness (QED) is 0.387. The van der Waals surface area contributed by atoms with Crippen molar-refractivity contribution in [1.82, 2.24) is 19.4 Å². The molecule has 1 saturated heterocycles. The second kappa shape index (κ2) is 11.3. The van der Waals surface area contributed by atoms with Gasteiger partial charge < -0.3 is 14.4 Å². The third-order valence-corrected chi connectivity index (χ3v) is 8.44. The Hall–Kier alpha value is -3.42. The molecule has 2 aromatic heterocycles. The standard InChI is InChI=1S/C28H28ClF4N7O2.ClH/c1-15-9-17(28(31,32)33)11-21(34-15)40-23(41)10-16-12-38(13-19-26(30)39-8-7-36(2)14-22(39)35-19)25-18(29)5-4-6-20(25)37(3)27(42)24(16)40;/h4-6,9,11,16,24H,7-8,10,12-14H2,1-3H3;1H/t16-,24+;/m1./s1. The number of anilines is 3. The van der Waals surface area contributed by atoms with Crippen molar-refractivity contribution in [3.8, 4) is 0 Å². The van der Waals surface area contributed by atoms with E-state index in [0.29, 0.717) is 41.9 Å². The minimum absolute atomic E-state index is 0. The van der Waals surface area contributed by atoms with Crippen LogP contribution in [0.25, 0.3) is 0 Å². The van der Waals surface area contributed by atoms with Crippen LogP contribution in [-0.4, -0.2) is 64.5 Å². The van der Waals surface area contributed by atoms with Crippen molar-refractivity contribution in [3.05, 3.63) is 64.1 Å². The number of likely N-dealkylation sites (N-methyl/N-ethyl adjacent to an activating group) is 2. The second-order valence-corrected chi connectivity index (χ2v) is 11.5. The number of halogens is 6. The fraction of sp³-hybridized carbons (Fsp3) is 0.429. The Kier molecular flexibility index (Phi) is 8.12. The summed E-state index contributed by atoms with van der Waals surface area (Å²) in [5, 5.41) is 0.325. The first-order chi connectivity index (χ1) is 19.8. The molecule has 3 aliphatic rings. The Morgan fingerprint density at radius 2 is 1.84 bits per heavy atom. The molecule has 3 aliphatic heterocycles. The molecule has 0 spiro atoms. The molecule has 9 nitrogen and oxygen atoms in total. The number of amides is 2. The number of carbonyl (C=O) groups is 2. The van der Waals surface area contributed by atoms with Gasteiger partial charge in [-0.2, -0.15) is 17.6 Å². The van der Waals surface area contributed by atoms with Crippen molar-refractivity contribution in [2.75, 3.05) is 41.9 Å². The Labute approximate surface area is 256 Å². The number of imidazole rings is 1. The molecular weight excluding hydrogens is 613 g/mol. The number of pyridine rings is 1. The average molecular weight is 642 g/mol. The van der Waals surface area contributed by atoms with E-state index in [2.05, 4.69) is 9.97 Å². The first-order valence-corrected chi connectivity index (χ1v) is 13.8. The highest BCUT2D eigenvalue weighted by Gasteiger charge is 2.49. The molecule has 0 bridgehead atoms. The van der Waals surface area contributed by atoms with Gasteiger partial charge in [0.25, 0.3) is 0 Å². The summed E-state index contributed by atoms with van der Waals surface area (Å²) in [4.78, 5) is 42.5. The molecule has 3 aromatic rings. The fourth-order valence-corrected chi connectivity index (χ4v) is 6.45. The Bertz CT molecular complexity index is 1600. The summed E-state index contributed by atoms with van der Waals surface area (Å²) in [6, 6.07) is 5.57. The van der Waals surface area contributed by atoms with Crippen molar-refractivity contribution in [1.29, 1.82) is 0 Å². The largest absolute Gasteiger partial charge is 0.416 e. The SMILES string of the molecule is Cc1cc(C(F)(F)F)cc(N2C(=O)C[C@@H]3CN(Cc4nc5n(c4F)CCN(C)C5)c4c(Cl)cccc4N(C)C(=O)[C@H]32)n1.Cl. The summed E-state index contributed by atoms with van der Waals surface area (Å²) in [5.74, 6) is -1.76. The Balaban J connectivity index is 0.00000368. The summed E-state index contributed by atoms with van der Waals surface area (Å²) >= 11 is 6.68. The van der Waals surface area contributed by atoms with Gasteiger partial charge in [0, 0.05) is 44.7 Å². The van der Waals surface area contributed by atoms with Gasteiger partial charge in [0.2, 0.25) is 17.8 Å². The lowest BCUT2D eigenvalue weighted by Crippen LogP contribution is -2.52. The van der Waals surface area contributed by atoms with E-state index in [9.17, 15) is 22.8 Å². The molecule has 43 heavy (non-hydrogen) atoms. The van der Waals surface area contributed by atoms with Crippen molar-refractivity contribution in [3.63, 3.8) is 0 Å². The second-order valence-electron chi connectivity index (χ2n) is 11.1. The number of hydrogen-bond acceptors (Lipinski definition) is 6. The number of hydrogen-bond donors (Lipinski definition) is 0. The summed E-state index contributed by atoms with van der Waals surface area (Å²) in [6.45, 7) is 3.13. The van der Waals surface area contributed by atoms with Crippen LogP contribution in [0.2, 0.25) is 5.02 Å². The lowest BCUT2D eigenvalue weighted by molar-refractivity contribution is -0.137. The topological polar surface area (TPSA) is 77.8 Å². The van der Waals surface area contributed by atoms with E-state index < -0.39 is 41.5 Å². The van der Waals surface area contributed by atoms with Crippen LogP contribution in [0.1, 0.15) is 29.2 Å². The van der Waals surface area contributed by atoms with Gasteiger partial charge >= 0.3 is 6.18 Å². The van der Waals surface area contributed by atoms with E-state index in [0.717, 1.165) is 17.0 Å². The molecule has 5 heterocycles. The highest BCUT2D eigenvalue weighted by atomic mass is 35.5. The molecule has 1 fully saturated rings. The van der Waals surface area contributed by atoms with Crippen molar-refractivity contribution >= 4 is 53.0 Å². The van der Waals surface area contributed by atoms with Gasteiger partial charge in [-0.15, -0.1) is 12.4 Å². The number of alkyl halides is 3. The zero-order chi connectivity index (χ0) is 30.1. The highest BCUT2D eigenvalue weighted by molar-refractivity contribution is 6.34. The van der Waals surface area contributed by atoms with Gasteiger partial charge in [0.15, 0.2) is 0 Å². The van der Waals surface area contributed by atoms with Gasteiger partial charge in [-0.05, 0) is 38.2 Å². The zero-order valence-corrected chi connectivity index (χ0v) is 25.1. The molecular formula is C28H29Cl2F4N7O2. The normalized spacial score (nSPS) is 20.8. The smallest absolute Gasteiger partial charge is 0.362 e. The molecule has 0 N–H and O–H groups in total. The first-order valence-electron chi connectivity index (χ1n) is 13.4. The third kappa shape index (κ3) is 5.42. The zero-order valence-electron chi connectivity index (χ0n) is 23.5. The minimum Gasteiger partial charge on any atom is -0.362 e. The molecule has 15 heteroatoms. The monoisotopic (exact) mass is 641 g/mol. The lowest BCUT2D eigenvalue weighted by Gasteiger charge is -2.39. The van der Waals surface area contributed by atoms with Crippen LogP contribution >= 0.6 is 24.0 Å². The number of para-hydroxylation sites is 1. The van der Waals surface area contributed by atoms with Crippen LogP contribution in [0.5, 0.6) is 0 Å². The molecule has 1 aromatic carbocycles. The highest BCUT2D eigenvalue weighted by Crippen LogP contribution is 2.43. The van der Waals surface area contributed by atoms with Gasteiger partial charge in [0.05, 0.1) is 35.1 Å². The molecule has 0 aliphatic carbocycles. The van der Waals surface area contributed by atoms with Crippen LogP contribution < -0.4 is 14.7 Å². The van der Waals surface area contributed by atoms with Gasteiger partial charge in [0.1, 0.15) is 23.4 Å². The molecule has 0 unspecified atom stereocenters. The number of rotatable bonds is 3. The maximum absolute atomic E-state index is 15.6. The number of aromatic nitrogens is 3. The van der Waals surface area contributed by atoms with E-state index >= 15 is 4.39 Å². The van der Waals surface area contributed by atoms with Gasteiger partial charge in [-0.3, -0.25) is 19.4 Å². The van der Waals surface area contributed by atoms with Crippen molar-refractivity contribution in [2.24, 2.45) is 5.92 Å². The maximum atomic E-state index is 15.6.